The lowest BCUT2D eigenvalue weighted by Crippen LogP contribution is -2.15. The second-order valence-electron chi connectivity index (χ2n) is 4.14. The second-order valence-corrected chi connectivity index (χ2v) is 4.14. The first-order chi connectivity index (χ1) is 7.37. The van der Waals surface area contributed by atoms with Crippen molar-refractivity contribution in [1.29, 1.82) is 0 Å². The van der Waals surface area contributed by atoms with Gasteiger partial charge in [0.05, 0.1) is 12.5 Å². The van der Waals surface area contributed by atoms with Crippen LogP contribution in [0.25, 0.3) is 0 Å². The molecule has 0 aromatic rings. The van der Waals surface area contributed by atoms with Crippen molar-refractivity contribution in [2.45, 2.75) is 51.8 Å². The molecule has 0 fully saturated rings. The van der Waals surface area contributed by atoms with Crippen molar-refractivity contribution < 1.29 is 17.9 Å². The molecular formula is C12H21F3O. The number of allylic oxidation sites excluding steroid dienone is 2. The molecule has 1 nitrogen and oxygen atoms in total. The van der Waals surface area contributed by atoms with Crippen molar-refractivity contribution >= 4 is 0 Å². The van der Waals surface area contributed by atoms with Gasteiger partial charge in [-0.25, -0.2) is 0 Å². The minimum absolute atomic E-state index is 0.208. The maximum absolute atomic E-state index is 11.8. The summed E-state index contributed by atoms with van der Waals surface area (Å²) in [4.78, 5) is 0. The number of unbranched alkanes of at least 4 members (excludes halogenated alkanes) is 1. The fraction of sp³-hybridized carbons (Fsp3) is 0.833. The van der Waals surface area contributed by atoms with Gasteiger partial charge in [0.1, 0.15) is 0 Å². The van der Waals surface area contributed by atoms with E-state index in [-0.39, 0.29) is 6.10 Å². The van der Waals surface area contributed by atoms with Crippen LogP contribution in [0.3, 0.4) is 0 Å². The Hall–Kier alpha value is -0.510. The molecule has 0 N–H and O–H groups in total. The van der Waals surface area contributed by atoms with Crippen molar-refractivity contribution in [2.75, 3.05) is 7.11 Å². The zero-order chi connectivity index (χ0) is 12.6. The predicted molar refractivity (Wildman–Crippen MR) is 59.3 cm³/mol. The first kappa shape index (κ1) is 15.5. The summed E-state index contributed by atoms with van der Waals surface area (Å²) in [6.07, 6.45) is 0.706. The summed E-state index contributed by atoms with van der Waals surface area (Å²) < 4.78 is 40.5. The quantitative estimate of drug-likeness (QED) is 0.473. The molecule has 0 aliphatic carbocycles. The van der Waals surface area contributed by atoms with Crippen LogP contribution in [0.2, 0.25) is 0 Å². The van der Waals surface area contributed by atoms with E-state index < -0.39 is 12.6 Å². The summed E-state index contributed by atoms with van der Waals surface area (Å²) in [5, 5.41) is 0. The van der Waals surface area contributed by atoms with E-state index in [4.69, 9.17) is 4.74 Å². The lowest BCUT2D eigenvalue weighted by atomic mass is 9.99. The summed E-state index contributed by atoms with van der Waals surface area (Å²) >= 11 is 0. The highest BCUT2D eigenvalue weighted by Crippen LogP contribution is 2.20. The fourth-order valence-corrected chi connectivity index (χ4v) is 1.36. The molecule has 0 spiro atoms. The SMILES string of the molecule is COC(C)C(C)CCC/C=C/CC(F)(F)F. The average Bonchev–Trinajstić information content (AvgIpc) is 2.20. The smallest absolute Gasteiger partial charge is 0.381 e. The van der Waals surface area contributed by atoms with Crippen molar-refractivity contribution in [3.63, 3.8) is 0 Å². The number of hydrogen-bond donors (Lipinski definition) is 0. The average molecular weight is 238 g/mol. The molecule has 4 heteroatoms. The molecule has 0 rings (SSSR count). The predicted octanol–water partition coefficient (Wildman–Crippen LogP) is 4.34. The van der Waals surface area contributed by atoms with Crippen LogP contribution in [0.15, 0.2) is 12.2 Å². The largest absolute Gasteiger partial charge is 0.392 e. The third-order valence-electron chi connectivity index (χ3n) is 2.72. The number of ether oxygens (including phenoxy) is 1. The fourth-order valence-electron chi connectivity index (χ4n) is 1.36. The molecule has 0 saturated heterocycles. The van der Waals surface area contributed by atoms with E-state index in [0.717, 1.165) is 12.8 Å². The maximum Gasteiger partial charge on any atom is 0.392 e. The molecule has 0 aliphatic heterocycles. The standard InChI is InChI=1S/C12H21F3O/c1-10(11(2)16-3)8-6-4-5-7-9-12(13,14)15/h5,7,10-11H,4,6,8-9H2,1-3H3/b7-5+. The lowest BCUT2D eigenvalue weighted by molar-refractivity contribution is -0.125. The van der Waals surface area contributed by atoms with Crippen LogP contribution in [-0.4, -0.2) is 19.4 Å². The van der Waals surface area contributed by atoms with Gasteiger partial charge in [0.15, 0.2) is 0 Å². The summed E-state index contributed by atoms with van der Waals surface area (Å²) in [6.45, 7) is 4.09. The van der Waals surface area contributed by atoms with Crippen LogP contribution < -0.4 is 0 Å². The summed E-state index contributed by atoms with van der Waals surface area (Å²) in [5.74, 6) is 0.445. The van der Waals surface area contributed by atoms with Gasteiger partial charge in [-0.05, 0) is 32.1 Å². The Morgan fingerprint density at radius 3 is 2.31 bits per heavy atom. The van der Waals surface area contributed by atoms with E-state index in [1.807, 2.05) is 6.92 Å². The van der Waals surface area contributed by atoms with E-state index in [0.29, 0.717) is 12.3 Å². The molecule has 0 saturated carbocycles. The molecule has 0 aromatic carbocycles. The van der Waals surface area contributed by atoms with Crippen LogP contribution in [0.1, 0.15) is 39.5 Å². The van der Waals surface area contributed by atoms with Gasteiger partial charge < -0.3 is 4.74 Å². The molecule has 2 atom stereocenters. The van der Waals surface area contributed by atoms with Gasteiger partial charge in [0.25, 0.3) is 0 Å². The Morgan fingerprint density at radius 2 is 1.81 bits per heavy atom. The zero-order valence-corrected chi connectivity index (χ0v) is 10.2. The molecule has 2 unspecified atom stereocenters. The van der Waals surface area contributed by atoms with E-state index in [1.54, 1.807) is 13.2 Å². The molecular weight excluding hydrogens is 217 g/mol. The molecule has 0 amide bonds. The molecule has 16 heavy (non-hydrogen) atoms. The number of rotatable bonds is 7. The van der Waals surface area contributed by atoms with Crippen LogP contribution in [-0.2, 0) is 4.74 Å². The minimum atomic E-state index is -4.08. The van der Waals surface area contributed by atoms with Gasteiger partial charge in [0.2, 0.25) is 0 Å². The van der Waals surface area contributed by atoms with E-state index in [2.05, 4.69) is 6.92 Å². The van der Waals surface area contributed by atoms with Gasteiger partial charge in [-0.1, -0.05) is 19.1 Å². The zero-order valence-electron chi connectivity index (χ0n) is 10.2. The molecule has 0 heterocycles. The number of hydrogen-bond acceptors (Lipinski definition) is 1. The van der Waals surface area contributed by atoms with Crippen molar-refractivity contribution in [2.24, 2.45) is 5.92 Å². The van der Waals surface area contributed by atoms with E-state index in [1.165, 1.54) is 6.08 Å². The van der Waals surface area contributed by atoms with Crippen molar-refractivity contribution in [1.82, 2.24) is 0 Å². The Bertz CT molecular complexity index is 199. The van der Waals surface area contributed by atoms with Gasteiger partial charge >= 0.3 is 6.18 Å². The maximum atomic E-state index is 11.8. The van der Waals surface area contributed by atoms with Crippen LogP contribution >= 0.6 is 0 Å². The minimum Gasteiger partial charge on any atom is -0.381 e. The highest BCUT2D eigenvalue weighted by atomic mass is 19.4. The van der Waals surface area contributed by atoms with E-state index in [9.17, 15) is 13.2 Å². The third kappa shape index (κ3) is 8.77. The van der Waals surface area contributed by atoms with Crippen LogP contribution in [0.5, 0.6) is 0 Å². The van der Waals surface area contributed by atoms with Gasteiger partial charge in [-0.15, -0.1) is 0 Å². The lowest BCUT2D eigenvalue weighted by Gasteiger charge is -2.17. The summed E-state index contributed by atoms with van der Waals surface area (Å²) in [6, 6.07) is 0. The van der Waals surface area contributed by atoms with Gasteiger partial charge in [-0.3, -0.25) is 0 Å². The topological polar surface area (TPSA) is 9.23 Å². The number of halogens is 3. The van der Waals surface area contributed by atoms with Crippen molar-refractivity contribution in [3.8, 4) is 0 Å². The first-order valence-electron chi connectivity index (χ1n) is 5.61. The Labute approximate surface area is 95.7 Å². The highest BCUT2D eigenvalue weighted by Gasteiger charge is 2.24. The normalized spacial score (nSPS) is 16.6. The molecule has 0 bridgehead atoms. The Morgan fingerprint density at radius 1 is 1.19 bits per heavy atom. The number of alkyl halides is 3. The van der Waals surface area contributed by atoms with Gasteiger partial charge in [-0.2, -0.15) is 13.2 Å². The molecule has 0 aromatic heterocycles. The first-order valence-corrected chi connectivity index (χ1v) is 5.61. The monoisotopic (exact) mass is 238 g/mol. The highest BCUT2D eigenvalue weighted by molar-refractivity contribution is 4.84. The molecule has 0 radical (unpaired) electrons. The van der Waals surface area contributed by atoms with Crippen LogP contribution in [0.4, 0.5) is 13.2 Å². The molecule has 0 aliphatic rings. The van der Waals surface area contributed by atoms with Gasteiger partial charge in [0, 0.05) is 7.11 Å². The molecule has 96 valence electrons. The summed E-state index contributed by atoms with van der Waals surface area (Å²) in [5.41, 5.74) is 0. The third-order valence-corrected chi connectivity index (χ3v) is 2.72. The Kier molecular flexibility index (Phi) is 7.47. The number of methoxy groups -OCH3 is 1. The van der Waals surface area contributed by atoms with Crippen LogP contribution in [0, 0.1) is 5.92 Å². The van der Waals surface area contributed by atoms with Crippen molar-refractivity contribution in [3.05, 3.63) is 12.2 Å². The van der Waals surface area contributed by atoms with E-state index >= 15 is 0 Å². The Balaban J connectivity index is 3.53. The summed E-state index contributed by atoms with van der Waals surface area (Å²) in [7, 11) is 1.67. The second kappa shape index (κ2) is 7.71.